The van der Waals surface area contributed by atoms with Crippen molar-refractivity contribution >= 4 is 26.8 Å². The summed E-state index contributed by atoms with van der Waals surface area (Å²) in [6, 6.07) is 17.4. The van der Waals surface area contributed by atoms with Crippen molar-refractivity contribution in [3.8, 4) is 0 Å². The Morgan fingerprint density at radius 2 is 1.81 bits per heavy atom. The zero-order chi connectivity index (χ0) is 19.4. The number of aromatic nitrogens is 1. The lowest BCUT2D eigenvalue weighted by Crippen LogP contribution is -2.30. The third kappa shape index (κ3) is 4.69. The highest BCUT2D eigenvalue weighted by Gasteiger charge is 2.16. The van der Waals surface area contributed by atoms with Crippen molar-refractivity contribution in [3.05, 3.63) is 71.9 Å². The van der Waals surface area contributed by atoms with Gasteiger partial charge in [0.15, 0.2) is 0 Å². The monoisotopic (exact) mass is 383 g/mol. The summed E-state index contributed by atoms with van der Waals surface area (Å²) in [6.45, 7) is 3.73. The Morgan fingerprint density at radius 3 is 2.59 bits per heavy atom. The lowest BCUT2D eigenvalue weighted by atomic mass is 10.2. The highest BCUT2D eigenvalue weighted by atomic mass is 32.2. The highest BCUT2D eigenvalue weighted by Crippen LogP contribution is 2.14. The predicted octanol–water partition coefficient (Wildman–Crippen LogP) is 2.85. The fourth-order valence-electron chi connectivity index (χ4n) is 2.67. The van der Waals surface area contributed by atoms with E-state index in [9.17, 15) is 13.2 Å². The molecule has 6 nitrogen and oxygen atoms in total. The van der Waals surface area contributed by atoms with Crippen molar-refractivity contribution in [3.63, 3.8) is 0 Å². The Kier molecular flexibility index (Phi) is 5.53. The molecule has 0 fully saturated rings. The molecule has 0 atom stereocenters. The number of hydrogen-bond acceptors (Lipinski definition) is 4. The smallest absolute Gasteiger partial charge is 0.270 e. The average molecular weight is 383 g/mol. The first kappa shape index (κ1) is 19.0. The summed E-state index contributed by atoms with van der Waals surface area (Å²) in [5.74, 6) is -0.311. The van der Waals surface area contributed by atoms with Crippen LogP contribution in [0.25, 0.3) is 10.9 Å². The van der Waals surface area contributed by atoms with E-state index in [-0.39, 0.29) is 23.4 Å². The fourth-order valence-corrected chi connectivity index (χ4v) is 3.99. The second-order valence-corrected chi connectivity index (χ2v) is 8.21. The summed E-state index contributed by atoms with van der Waals surface area (Å²) in [5, 5.41) is 3.75. The van der Waals surface area contributed by atoms with Gasteiger partial charge in [-0.2, -0.15) is 0 Å². The molecule has 1 amide bonds. The summed E-state index contributed by atoms with van der Waals surface area (Å²) in [7, 11) is -3.57. The number of amides is 1. The van der Waals surface area contributed by atoms with E-state index < -0.39 is 10.0 Å². The fraction of sp³-hybridized carbons (Fsp3) is 0.200. The molecule has 0 radical (unpaired) electrons. The van der Waals surface area contributed by atoms with Crippen LogP contribution in [0.2, 0.25) is 0 Å². The molecule has 3 aromatic rings. The third-order valence-electron chi connectivity index (χ3n) is 3.88. The summed E-state index contributed by atoms with van der Waals surface area (Å²) in [4.78, 5) is 16.9. The average Bonchev–Trinajstić information content (AvgIpc) is 2.65. The standard InChI is InChI=1S/C20H21N3O3S/c1-14(2)23-27(25,26)17-8-5-6-15(12-17)13-21-20(24)19-11-10-16-7-3-4-9-18(16)22-19/h3-12,14,23H,13H2,1-2H3,(H,21,24). The third-order valence-corrected chi connectivity index (χ3v) is 5.54. The van der Waals surface area contributed by atoms with Crippen LogP contribution in [-0.4, -0.2) is 25.4 Å². The molecule has 2 aromatic carbocycles. The maximum absolute atomic E-state index is 12.4. The lowest BCUT2D eigenvalue weighted by Gasteiger charge is -2.11. The van der Waals surface area contributed by atoms with Crippen molar-refractivity contribution in [1.82, 2.24) is 15.0 Å². The van der Waals surface area contributed by atoms with Gasteiger partial charge in [0, 0.05) is 18.0 Å². The minimum atomic E-state index is -3.57. The van der Waals surface area contributed by atoms with E-state index in [0.717, 1.165) is 10.9 Å². The molecular weight excluding hydrogens is 362 g/mol. The number of nitrogens with zero attached hydrogens (tertiary/aromatic N) is 1. The van der Waals surface area contributed by atoms with E-state index in [1.807, 2.05) is 30.3 Å². The van der Waals surface area contributed by atoms with Gasteiger partial charge in [0.05, 0.1) is 10.4 Å². The van der Waals surface area contributed by atoms with E-state index in [1.54, 1.807) is 38.1 Å². The number of carbonyl (C=O) groups is 1. The Hall–Kier alpha value is -2.77. The van der Waals surface area contributed by atoms with Crippen molar-refractivity contribution in [2.45, 2.75) is 31.3 Å². The number of benzene rings is 2. The van der Waals surface area contributed by atoms with E-state index in [1.165, 1.54) is 6.07 Å². The maximum atomic E-state index is 12.4. The molecule has 0 saturated heterocycles. The Morgan fingerprint density at radius 1 is 1.04 bits per heavy atom. The molecule has 27 heavy (non-hydrogen) atoms. The minimum absolute atomic E-state index is 0.173. The molecule has 1 aromatic heterocycles. The van der Waals surface area contributed by atoms with Gasteiger partial charge in [0.1, 0.15) is 5.69 Å². The van der Waals surface area contributed by atoms with Gasteiger partial charge in [0.2, 0.25) is 10.0 Å². The van der Waals surface area contributed by atoms with Gasteiger partial charge in [-0.15, -0.1) is 0 Å². The number of fused-ring (bicyclic) bond motifs is 1. The molecule has 0 saturated carbocycles. The van der Waals surface area contributed by atoms with E-state index in [0.29, 0.717) is 11.3 Å². The van der Waals surface area contributed by atoms with Gasteiger partial charge in [0.25, 0.3) is 5.91 Å². The molecule has 3 rings (SSSR count). The molecule has 0 unspecified atom stereocenters. The zero-order valence-electron chi connectivity index (χ0n) is 15.1. The number of nitrogens with one attached hydrogen (secondary N) is 2. The second-order valence-electron chi connectivity index (χ2n) is 6.50. The normalized spacial score (nSPS) is 11.7. The van der Waals surface area contributed by atoms with Gasteiger partial charge in [-0.3, -0.25) is 4.79 Å². The number of carbonyl (C=O) groups excluding carboxylic acids is 1. The van der Waals surface area contributed by atoms with Gasteiger partial charge >= 0.3 is 0 Å². The van der Waals surface area contributed by atoms with Crippen LogP contribution in [0, 0.1) is 0 Å². The molecule has 0 bridgehead atoms. The number of para-hydroxylation sites is 1. The predicted molar refractivity (Wildman–Crippen MR) is 105 cm³/mol. The Bertz CT molecular complexity index is 1080. The SMILES string of the molecule is CC(C)NS(=O)(=O)c1cccc(CNC(=O)c2ccc3ccccc3n2)c1. The quantitative estimate of drug-likeness (QED) is 0.685. The number of pyridine rings is 1. The number of hydrogen-bond donors (Lipinski definition) is 2. The molecule has 2 N–H and O–H groups in total. The first-order valence-electron chi connectivity index (χ1n) is 8.60. The van der Waals surface area contributed by atoms with Crippen LogP contribution in [0.5, 0.6) is 0 Å². The Balaban J connectivity index is 1.72. The second kappa shape index (κ2) is 7.85. The molecule has 0 aliphatic carbocycles. The summed E-state index contributed by atoms with van der Waals surface area (Å²) in [5.41, 5.74) is 1.76. The van der Waals surface area contributed by atoms with Crippen LogP contribution >= 0.6 is 0 Å². The van der Waals surface area contributed by atoms with Gasteiger partial charge in [-0.05, 0) is 43.7 Å². The van der Waals surface area contributed by atoms with E-state index >= 15 is 0 Å². The maximum Gasteiger partial charge on any atom is 0.270 e. The van der Waals surface area contributed by atoms with Gasteiger partial charge < -0.3 is 5.32 Å². The van der Waals surface area contributed by atoms with Crippen molar-refractivity contribution in [1.29, 1.82) is 0 Å². The zero-order valence-corrected chi connectivity index (χ0v) is 16.0. The van der Waals surface area contributed by atoms with Crippen LogP contribution in [-0.2, 0) is 16.6 Å². The first-order chi connectivity index (χ1) is 12.8. The van der Waals surface area contributed by atoms with Crippen molar-refractivity contribution in [2.75, 3.05) is 0 Å². The topological polar surface area (TPSA) is 88.2 Å². The minimum Gasteiger partial charge on any atom is -0.347 e. The van der Waals surface area contributed by atoms with Crippen molar-refractivity contribution < 1.29 is 13.2 Å². The van der Waals surface area contributed by atoms with Crippen molar-refractivity contribution in [2.24, 2.45) is 0 Å². The largest absolute Gasteiger partial charge is 0.347 e. The summed E-state index contributed by atoms with van der Waals surface area (Å²) >= 11 is 0. The molecular formula is C20H21N3O3S. The Labute approximate surface area is 158 Å². The van der Waals surface area contributed by atoms with Crippen LogP contribution in [0.4, 0.5) is 0 Å². The van der Waals surface area contributed by atoms with Crippen LogP contribution < -0.4 is 10.0 Å². The molecule has 0 aliphatic heterocycles. The van der Waals surface area contributed by atoms with Crippen LogP contribution in [0.15, 0.2) is 65.6 Å². The molecule has 1 heterocycles. The lowest BCUT2D eigenvalue weighted by molar-refractivity contribution is 0.0946. The molecule has 0 spiro atoms. The van der Waals surface area contributed by atoms with Crippen LogP contribution in [0.3, 0.4) is 0 Å². The summed E-state index contributed by atoms with van der Waals surface area (Å²) in [6.07, 6.45) is 0. The molecule has 0 aliphatic rings. The molecule has 140 valence electrons. The van der Waals surface area contributed by atoms with Gasteiger partial charge in [-0.25, -0.2) is 18.1 Å². The highest BCUT2D eigenvalue weighted by molar-refractivity contribution is 7.89. The van der Waals surface area contributed by atoms with E-state index in [4.69, 9.17) is 0 Å². The number of sulfonamides is 1. The number of rotatable bonds is 6. The summed E-state index contributed by atoms with van der Waals surface area (Å²) < 4.78 is 27.1. The van der Waals surface area contributed by atoms with E-state index in [2.05, 4.69) is 15.0 Å². The molecule has 7 heteroatoms. The van der Waals surface area contributed by atoms with Gasteiger partial charge in [-0.1, -0.05) is 36.4 Å². The first-order valence-corrected chi connectivity index (χ1v) is 10.1. The van der Waals surface area contributed by atoms with Crippen LogP contribution in [0.1, 0.15) is 29.9 Å².